The summed E-state index contributed by atoms with van der Waals surface area (Å²) >= 11 is 0. The number of nitrogens with one attached hydrogen (secondary N) is 1. The summed E-state index contributed by atoms with van der Waals surface area (Å²) in [4.78, 5) is 0. The van der Waals surface area contributed by atoms with E-state index in [1.165, 1.54) is 55.5 Å². The van der Waals surface area contributed by atoms with E-state index >= 15 is 0 Å². The van der Waals surface area contributed by atoms with Gasteiger partial charge in [0.1, 0.15) is 0 Å². The second-order valence-corrected chi connectivity index (χ2v) is 6.50. The van der Waals surface area contributed by atoms with E-state index in [0.29, 0.717) is 6.04 Å². The maximum Gasteiger partial charge on any atom is 0.0628 e. The van der Waals surface area contributed by atoms with Crippen molar-refractivity contribution in [3.8, 4) is 0 Å². The minimum Gasteiger partial charge on any atom is -0.314 e. The lowest BCUT2D eigenvalue weighted by atomic mass is 10.1. The molecule has 19 heavy (non-hydrogen) atoms. The van der Waals surface area contributed by atoms with Crippen LogP contribution in [0.1, 0.15) is 62.0 Å². The quantitative estimate of drug-likeness (QED) is 0.764. The lowest BCUT2D eigenvalue weighted by molar-refractivity contribution is 0.429. The molecule has 1 heterocycles. The fraction of sp³-hybridized carbons (Fsp3) is 0.812. The van der Waals surface area contributed by atoms with Crippen LogP contribution in [0, 0.1) is 19.8 Å². The summed E-state index contributed by atoms with van der Waals surface area (Å²) in [5, 5.41) is 8.39. The molecule has 3 heteroatoms. The lowest BCUT2D eigenvalue weighted by Gasteiger charge is -2.13. The van der Waals surface area contributed by atoms with Crippen LogP contribution in [0.2, 0.25) is 0 Å². The summed E-state index contributed by atoms with van der Waals surface area (Å²) in [6.07, 6.45) is 7.96. The van der Waals surface area contributed by atoms with Crippen LogP contribution in [0.15, 0.2) is 0 Å². The Hall–Kier alpha value is -0.830. The SMILES string of the molecule is Cc1nn(C(C)C2CC2)c(C)c1CCCNC1CC1. The molecule has 0 saturated heterocycles. The third-order valence-corrected chi connectivity index (χ3v) is 4.78. The Morgan fingerprint density at radius 2 is 2.00 bits per heavy atom. The van der Waals surface area contributed by atoms with E-state index in [9.17, 15) is 0 Å². The topological polar surface area (TPSA) is 29.9 Å². The Morgan fingerprint density at radius 1 is 1.26 bits per heavy atom. The first-order valence-corrected chi connectivity index (χ1v) is 7.94. The Balaban J connectivity index is 1.59. The van der Waals surface area contributed by atoms with Gasteiger partial charge in [0.05, 0.1) is 11.7 Å². The molecule has 0 amide bonds. The van der Waals surface area contributed by atoms with Gasteiger partial charge in [-0.05, 0) is 77.3 Å². The van der Waals surface area contributed by atoms with E-state index in [2.05, 4.69) is 30.8 Å². The molecule has 2 saturated carbocycles. The molecule has 1 aromatic heterocycles. The van der Waals surface area contributed by atoms with Crippen LogP contribution in [0.3, 0.4) is 0 Å². The van der Waals surface area contributed by atoms with Gasteiger partial charge in [-0.25, -0.2) is 0 Å². The molecule has 0 aliphatic heterocycles. The van der Waals surface area contributed by atoms with Crippen LogP contribution < -0.4 is 5.32 Å². The van der Waals surface area contributed by atoms with Gasteiger partial charge in [-0.1, -0.05) is 0 Å². The summed E-state index contributed by atoms with van der Waals surface area (Å²) < 4.78 is 2.29. The van der Waals surface area contributed by atoms with Crippen molar-refractivity contribution in [2.45, 2.75) is 71.4 Å². The Morgan fingerprint density at radius 3 is 2.63 bits per heavy atom. The molecule has 3 nitrogen and oxygen atoms in total. The molecule has 0 bridgehead atoms. The van der Waals surface area contributed by atoms with Crippen LogP contribution in [0.5, 0.6) is 0 Å². The molecule has 106 valence electrons. The van der Waals surface area contributed by atoms with Gasteiger partial charge in [-0.3, -0.25) is 4.68 Å². The molecule has 1 unspecified atom stereocenters. The van der Waals surface area contributed by atoms with Crippen molar-refractivity contribution in [1.82, 2.24) is 15.1 Å². The first-order chi connectivity index (χ1) is 9.16. The Labute approximate surface area is 116 Å². The Bertz CT molecular complexity index is 441. The second-order valence-electron chi connectivity index (χ2n) is 6.50. The molecular formula is C16H27N3. The average Bonchev–Trinajstić information content (AvgIpc) is 3.27. The molecule has 2 aliphatic carbocycles. The number of aromatic nitrogens is 2. The zero-order valence-electron chi connectivity index (χ0n) is 12.6. The third-order valence-electron chi connectivity index (χ3n) is 4.78. The second kappa shape index (κ2) is 5.28. The minimum atomic E-state index is 0.594. The summed E-state index contributed by atoms with van der Waals surface area (Å²) in [7, 11) is 0. The molecule has 0 spiro atoms. The maximum absolute atomic E-state index is 4.79. The minimum absolute atomic E-state index is 0.594. The summed E-state index contributed by atoms with van der Waals surface area (Å²) in [5.41, 5.74) is 4.14. The summed E-state index contributed by atoms with van der Waals surface area (Å²) in [5.74, 6) is 0.877. The van der Waals surface area contributed by atoms with Gasteiger partial charge >= 0.3 is 0 Å². The molecule has 1 atom stereocenters. The highest BCUT2D eigenvalue weighted by atomic mass is 15.3. The maximum atomic E-state index is 4.79. The molecular weight excluding hydrogens is 234 g/mol. The third kappa shape index (κ3) is 3.02. The molecule has 2 fully saturated rings. The molecule has 0 aromatic carbocycles. The smallest absolute Gasteiger partial charge is 0.0628 e. The highest BCUT2D eigenvalue weighted by molar-refractivity contribution is 5.25. The fourth-order valence-corrected chi connectivity index (χ4v) is 3.09. The van der Waals surface area contributed by atoms with Crippen molar-refractivity contribution < 1.29 is 0 Å². The number of hydrogen-bond acceptors (Lipinski definition) is 2. The van der Waals surface area contributed by atoms with E-state index < -0.39 is 0 Å². The first kappa shape index (κ1) is 13.2. The van der Waals surface area contributed by atoms with Crippen molar-refractivity contribution in [3.63, 3.8) is 0 Å². The average molecular weight is 261 g/mol. The van der Waals surface area contributed by atoms with Crippen molar-refractivity contribution in [2.24, 2.45) is 5.92 Å². The number of aryl methyl sites for hydroxylation is 1. The van der Waals surface area contributed by atoms with Crippen molar-refractivity contribution in [1.29, 1.82) is 0 Å². The molecule has 3 rings (SSSR count). The number of hydrogen-bond donors (Lipinski definition) is 1. The van der Waals surface area contributed by atoms with Gasteiger partial charge in [0.15, 0.2) is 0 Å². The first-order valence-electron chi connectivity index (χ1n) is 7.94. The van der Waals surface area contributed by atoms with E-state index in [-0.39, 0.29) is 0 Å². The normalized spacial score (nSPS) is 20.8. The van der Waals surface area contributed by atoms with Gasteiger partial charge < -0.3 is 5.32 Å². The highest BCUT2D eigenvalue weighted by Gasteiger charge is 2.31. The van der Waals surface area contributed by atoms with Crippen LogP contribution >= 0.6 is 0 Å². The molecule has 0 radical (unpaired) electrons. The monoisotopic (exact) mass is 261 g/mol. The fourth-order valence-electron chi connectivity index (χ4n) is 3.09. The molecule has 2 aliphatic rings. The van der Waals surface area contributed by atoms with Crippen molar-refractivity contribution in [2.75, 3.05) is 6.54 Å². The van der Waals surface area contributed by atoms with Crippen molar-refractivity contribution >= 4 is 0 Å². The lowest BCUT2D eigenvalue weighted by Crippen LogP contribution is -2.18. The largest absolute Gasteiger partial charge is 0.314 e. The predicted octanol–water partition coefficient (Wildman–Crippen LogP) is 3.16. The van der Waals surface area contributed by atoms with Gasteiger partial charge in [0.2, 0.25) is 0 Å². The zero-order chi connectivity index (χ0) is 13.4. The van der Waals surface area contributed by atoms with Crippen LogP contribution in [-0.4, -0.2) is 22.4 Å². The zero-order valence-corrected chi connectivity index (χ0v) is 12.6. The van der Waals surface area contributed by atoms with E-state index in [1.54, 1.807) is 0 Å². The summed E-state index contributed by atoms with van der Waals surface area (Å²) in [6, 6.07) is 1.43. The molecule has 1 aromatic rings. The van der Waals surface area contributed by atoms with Gasteiger partial charge in [-0.2, -0.15) is 5.10 Å². The van der Waals surface area contributed by atoms with E-state index in [4.69, 9.17) is 5.10 Å². The van der Waals surface area contributed by atoms with E-state index in [1.807, 2.05) is 0 Å². The van der Waals surface area contributed by atoms with Gasteiger partial charge in [0.25, 0.3) is 0 Å². The van der Waals surface area contributed by atoms with Crippen molar-refractivity contribution in [3.05, 3.63) is 17.0 Å². The highest BCUT2D eigenvalue weighted by Crippen LogP contribution is 2.40. The van der Waals surface area contributed by atoms with Gasteiger partial charge in [0, 0.05) is 11.7 Å². The predicted molar refractivity (Wildman–Crippen MR) is 78.5 cm³/mol. The number of nitrogens with zero attached hydrogens (tertiary/aromatic N) is 2. The standard InChI is InChI=1S/C16H27N3/c1-11-16(5-4-10-17-15-8-9-15)13(3)19(18-11)12(2)14-6-7-14/h12,14-15,17H,4-10H2,1-3H3. The van der Waals surface area contributed by atoms with Crippen LogP contribution in [0.25, 0.3) is 0 Å². The number of rotatable bonds is 7. The van der Waals surface area contributed by atoms with E-state index in [0.717, 1.165) is 18.5 Å². The Kier molecular flexibility index (Phi) is 3.66. The summed E-state index contributed by atoms with van der Waals surface area (Å²) in [6.45, 7) is 7.91. The molecule has 1 N–H and O–H groups in total. The van der Waals surface area contributed by atoms with Crippen LogP contribution in [0.4, 0.5) is 0 Å². The van der Waals surface area contributed by atoms with Gasteiger partial charge in [-0.15, -0.1) is 0 Å². The van der Waals surface area contributed by atoms with Crippen LogP contribution in [-0.2, 0) is 6.42 Å².